The fourth-order valence-corrected chi connectivity index (χ4v) is 2.54. The maximum atomic E-state index is 9.54. The number of rotatable bonds is 3. The molecule has 3 rings (SSSR count). The smallest absolute Gasteiger partial charge is 0.541 e. The Labute approximate surface area is 136 Å². The predicted octanol–water partition coefficient (Wildman–Crippen LogP) is 1.80. The van der Waals surface area contributed by atoms with Crippen molar-refractivity contribution in [3.05, 3.63) is 42.5 Å². The molecule has 1 N–H and O–H groups in total. The van der Waals surface area contributed by atoms with Crippen LogP contribution in [0.15, 0.2) is 30.3 Å². The van der Waals surface area contributed by atoms with Crippen molar-refractivity contribution in [2.45, 2.75) is 37.4 Å². The van der Waals surface area contributed by atoms with E-state index in [1.54, 1.807) is 6.61 Å². The Hall–Kier alpha value is 0.112. The van der Waals surface area contributed by atoms with Crippen LogP contribution in [0.1, 0.15) is 25.2 Å². The maximum Gasteiger partial charge on any atom is 2.00 e. The standard InChI is InChI=1S/C14H17O4.U/c1-2-14(9-15)12-11(8-16-14)17-13(18-12)10-6-4-3-5-7-10;/h3-8,11-13,15H,2,9H2,1H3;/q-1;+2. The molecule has 4 atom stereocenters. The van der Waals surface area contributed by atoms with Crippen molar-refractivity contribution in [2.75, 3.05) is 6.61 Å². The van der Waals surface area contributed by atoms with Crippen LogP contribution < -0.4 is 0 Å². The molecule has 2 aliphatic heterocycles. The van der Waals surface area contributed by atoms with E-state index in [1.165, 1.54) is 0 Å². The molecular formula is C14H17O4U+. The van der Waals surface area contributed by atoms with E-state index in [2.05, 4.69) is 0 Å². The SMILES string of the molecule is CCC1(CO)O[CH-]C2OC(c3ccccc3)OC21.[U+2]. The first-order chi connectivity index (χ1) is 8.79. The summed E-state index contributed by atoms with van der Waals surface area (Å²) in [4.78, 5) is 0. The molecule has 4 nitrogen and oxygen atoms in total. The summed E-state index contributed by atoms with van der Waals surface area (Å²) in [6.07, 6.45) is -0.134. The zero-order valence-electron chi connectivity index (χ0n) is 10.8. The molecule has 0 radical (unpaired) electrons. The molecular weight excluding hydrogens is 470 g/mol. The topological polar surface area (TPSA) is 47.9 Å². The van der Waals surface area contributed by atoms with Gasteiger partial charge in [-0.25, -0.2) is 0 Å². The fourth-order valence-electron chi connectivity index (χ4n) is 2.54. The van der Waals surface area contributed by atoms with E-state index in [-0.39, 0.29) is 56.2 Å². The molecule has 100 valence electrons. The summed E-state index contributed by atoms with van der Waals surface area (Å²) < 4.78 is 17.3. The monoisotopic (exact) mass is 487 g/mol. The predicted molar refractivity (Wildman–Crippen MR) is 64.4 cm³/mol. The molecule has 2 heterocycles. The number of benzene rings is 1. The Morgan fingerprint density at radius 2 is 2.00 bits per heavy atom. The number of aliphatic hydroxyl groups excluding tert-OH is 1. The summed E-state index contributed by atoms with van der Waals surface area (Å²) in [6, 6.07) is 9.81. The van der Waals surface area contributed by atoms with Crippen molar-refractivity contribution in [1.29, 1.82) is 0 Å². The molecule has 0 spiro atoms. The zero-order chi connectivity index (χ0) is 12.6. The third-order valence-corrected chi connectivity index (χ3v) is 3.74. The minimum Gasteiger partial charge on any atom is -0.541 e. The van der Waals surface area contributed by atoms with Crippen LogP contribution in [0.25, 0.3) is 0 Å². The molecule has 0 aromatic heterocycles. The molecule has 0 saturated carbocycles. The van der Waals surface area contributed by atoms with Crippen molar-refractivity contribution >= 4 is 0 Å². The van der Waals surface area contributed by atoms with Crippen LogP contribution in [0.4, 0.5) is 0 Å². The normalized spacial score (nSPS) is 36.8. The van der Waals surface area contributed by atoms with Gasteiger partial charge in [-0.05, 0) is 12.5 Å². The molecule has 2 aliphatic rings. The Balaban J connectivity index is 0.00000133. The van der Waals surface area contributed by atoms with Crippen LogP contribution >= 0.6 is 0 Å². The number of fused-ring (bicyclic) bond motifs is 1. The molecule has 0 amide bonds. The van der Waals surface area contributed by atoms with Gasteiger partial charge in [0.25, 0.3) is 0 Å². The average molecular weight is 487 g/mol. The molecule has 4 unspecified atom stereocenters. The van der Waals surface area contributed by atoms with Gasteiger partial charge < -0.3 is 19.3 Å². The Kier molecular flexibility index (Phi) is 5.10. The van der Waals surface area contributed by atoms with Crippen LogP contribution in [-0.4, -0.2) is 29.5 Å². The summed E-state index contributed by atoms with van der Waals surface area (Å²) in [5.41, 5.74) is 0.331. The van der Waals surface area contributed by atoms with E-state index in [0.29, 0.717) is 6.42 Å². The van der Waals surface area contributed by atoms with Gasteiger partial charge in [0.15, 0.2) is 6.29 Å². The van der Waals surface area contributed by atoms with Gasteiger partial charge in [-0.3, -0.25) is 0 Å². The molecule has 0 aliphatic carbocycles. The number of hydrogen-bond donors (Lipinski definition) is 1. The third kappa shape index (κ3) is 2.65. The van der Waals surface area contributed by atoms with E-state index in [0.717, 1.165) is 5.56 Å². The summed E-state index contributed by atoms with van der Waals surface area (Å²) in [5, 5.41) is 9.54. The van der Waals surface area contributed by atoms with Gasteiger partial charge in [0.2, 0.25) is 0 Å². The van der Waals surface area contributed by atoms with E-state index >= 15 is 0 Å². The van der Waals surface area contributed by atoms with Gasteiger partial charge in [-0.1, -0.05) is 37.3 Å². The van der Waals surface area contributed by atoms with Crippen LogP contribution in [0.5, 0.6) is 0 Å². The summed E-state index contributed by atoms with van der Waals surface area (Å²) in [7, 11) is 0. The largest absolute Gasteiger partial charge is 2.00 e. The minimum absolute atomic E-state index is 0. The van der Waals surface area contributed by atoms with Crippen LogP contribution in [-0.2, 0) is 14.2 Å². The molecule has 5 heteroatoms. The van der Waals surface area contributed by atoms with Crippen LogP contribution in [0.2, 0.25) is 0 Å². The Morgan fingerprint density at radius 3 is 2.63 bits per heavy atom. The zero-order valence-corrected chi connectivity index (χ0v) is 14.9. The number of hydrogen-bond acceptors (Lipinski definition) is 4. The van der Waals surface area contributed by atoms with Crippen LogP contribution in [0.3, 0.4) is 0 Å². The maximum absolute atomic E-state index is 9.54. The van der Waals surface area contributed by atoms with Crippen molar-refractivity contribution < 1.29 is 50.4 Å². The first-order valence-electron chi connectivity index (χ1n) is 6.27. The van der Waals surface area contributed by atoms with Crippen molar-refractivity contribution in [2.24, 2.45) is 0 Å². The molecule has 1 aromatic rings. The molecule has 2 fully saturated rings. The van der Waals surface area contributed by atoms with E-state index in [1.807, 2.05) is 37.3 Å². The van der Waals surface area contributed by atoms with E-state index in [4.69, 9.17) is 14.2 Å². The average Bonchev–Trinajstić information content (AvgIpc) is 2.99. The second-order valence-electron chi connectivity index (χ2n) is 4.73. The van der Waals surface area contributed by atoms with Gasteiger partial charge in [-0.2, -0.15) is 6.61 Å². The number of ether oxygens (including phenoxy) is 3. The fraction of sp³-hybridized carbons (Fsp3) is 0.500. The van der Waals surface area contributed by atoms with Crippen molar-refractivity contribution in [1.82, 2.24) is 0 Å². The van der Waals surface area contributed by atoms with Crippen molar-refractivity contribution in [3.63, 3.8) is 0 Å². The second-order valence-corrected chi connectivity index (χ2v) is 4.73. The number of aliphatic hydroxyl groups is 1. The van der Waals surface area contributed by atoms with E-state index < -0.39 is 5.60 Å². The second kappa shape index (κ2) is 6.26. The molecule has 1 aromatic carbocycles. The summed E-state index contributed by atoms with van der Waals surface area (Å²) >= 11 is 0. The first-order valence-corrected chi connectivity index (χ1v) is 6.27. The van der Waals surface area contributed by atoms with Crippen molar-refractivity contribution in [3.8, 4) is 0 Å². The quantitative estimate of drug-likeness (QED) is 0.662. The summed E-state index contributed by atoms with van der Waals surface area (Å²) in [5.74, 6) is 0. The van der Waals surface area contributed by atoms with Gasteiger partial charge in [0.1, 0.15) is 0 Å². The molecule has 0 bridgehead atoms. The van der Waals surface area contributed by atoms with Crippen LogP contribution in [0, 0.1) is 37.7 Å². The van der Waals surface area contributed by atoms with Gasteiger partial charge in [0.05, 0.1) is 18.3 Å². The first kappa shape index (κ1) is 15.5. The van der Waals surface area contributed by atoms with Gasteiger partial charge in [-0.15, -0.1) is 0 Å². The van der Waals surface area contributed by atoms with Gasteiger partial charge >= 0.3 is 31.1 Å². The Morgan fingerprint density at radius 1 is 1.26 bits per heavy atom. The Bertz CT molecular complexity index is 407. The minimum atomic E-state index is -0.659. The molecule has 2 saturated heterocycles. The third-order valence-electron chi connectivity index (χ3n) is 3.74. The summed E-state index contributed by atoms with van der Waals surface area (Å²) in [6.45, 7) is 3.56. The van der Waals surface area contributed by atoms with Gasteiger partial charge in [0, 0.05) is 5.56 Å². The molecule has 19 heavy (non-hydrogen) atoms. The van der Waals surface area contributed by atoms with E-state index in [9.17, 15) is 5.11 Å².